The zero-order chi connectivity index (χ0) is 28.9. The number of hydrogen-bond donors (Lipinski definition) is 1. The van der Waals surface area contributed by atoms with Gasteiger partial charge in [0.25, 0.3) is 0 Å². The molecular formula is C36H44ClFN2O3. The first-order chi connectivity index (χ1) is 20.6. The Morgan fingerprint density at radius 2 is 1.60 bits per heavy atom. The van der Waals surface area contributed by atoms with Crippen molar-refractivity contribution in [1.82, 2.24) is 9.80 Å². The van der Waals surface area contributed by atoms with Gasteiger partial charge in [0.05, 0.1) is 19.6 Å². The number of rotatable bonds is 10. The molecule has 0 spiro atoms. The number of halogens is 2. The number of alkyl halides is 1. The minimum absolute atomic E-state index is 0. The van der Waals surface area contributed by atoms with Crippen molar-refractivity contribution in [2.75, 3.05) is 39.4 Å². The van der Waals surface area contributed by atoms with Gasteiger partial charge in [-0.15, -0.1) is 12.4 Å². The highest BCUT2D eigenvalue weighted by Crippen LogP contribution is 2.54. The quantitative estimate of drug-likeness (QED) is 0.285. The lowest BCUT2D eigenvalue weighted by Gasteiger charge is -2.47. The average Bonchev–Trinajstić information content (AvgIpc) is 3.70. The van der Waals surface area contributed by atoms with Gasteiger partial charge in [-0.3, -0.25) is 9.69 Å². The van der Waals surface area contributed by atoms with E-state index in [9.17, 15) is 9.90 Å². The van der Waals surface area contributed by atoms with Crippen molar-refractivity contribution in [1.29, 1.82) is 0 Å². The van der Waals surface area contributed by atoms with Crippen LogP contribution in [0.25, 0.3) is 0 Å². The lowest BCUT2D eigenvalue weighted by molar-refractivity contribution is -0.129. The highest BCUT2D eigenvalue weighted by molar-refractivity contribution is 5.85. The molecule has 3 fully saturated rings. The second-order valence-corrected chi connectivity index (χ2v) is 12.3. The SMILES string of the molecule is Cl.O=C(Cc1ccccc1OCCCN1CCC[C@H]1CO)N1C[C@@H]2[C@H](F)CCC(c3ccccc3)(c3ccccc3)[C@@H]2C1. The summed E-state index contributed by atoms with van der Waals surface area (Å²) in [6.45, 7) is 3.72. The number of ether oxygens (including phenoxy) is 1. The van der Waals surface area contributed by atoms with Crippen molar-refractivity contribution in [3.63, 3.8) is 0 Å². The van der Waals surface area contributed by atoms with E-state index in [1.54, 1.807) is 0 Å². The molecule has 2 saturated heterocycles. The number of para-hydroxylation sites is 1. The number of carbonyl (C=O) groups excluding carboxylic acids is 1. The third-order valence-electron chi connectivity index (χ3n) is 10.1. The average molecular weight is 607 g/mol. The predicted molar refractivity (Wildman–Crippen MR) is 171 cm³/mol. The van der Waals surface area contributed by atoms with Crippen LogP contribution in [0.3, 0.4) is 0 Å². The largest absolute Gasteiger partial charge is 0.493 e. The Balaban J connectivity index is 0.00000368. The Bertz CT molecular complexity index is 1290. The predicted octanol–water partition coefficient (Wildman–Crippen LogP) is 6.07. The van der Waals surface area contributed by atoms with Crippen molar-refractivity contribution >= 4 is 18.3 Å². The van der Waals surface area contributed by atoms with E-state index in [1.807, 2.05) is 41.3 Å². The van der Waals surface area contributed by atoms with Gasteiger partial charge in [-0.25, -0.2) is 4.39 Å². The van der Waals surface area contributed by atoms with E-state index in [4.69, 9.17) is 4.74 Å². The summed E-state index contributed by atoms with van der Waals surface area (Å²) in [4.78, 5) is 18.0. The first-order valence-corrected chi connectivity index (χ1v) is 15.7. The molecule has 7 heteroatoms. The molecule has 2 aliphatic heterocycles. The first-order valence-electron chi connectivity index (χ1n) is 15.7. The van der Waals surface area contributed by atoms with Crippen LogP contribution >= 0.6 is 12.4 Å². The second-order valence-electron chi connectivity index (χ2n) is 12.3. The molecule has 43 heavy (non-hydrogen) atoms. The van der Waals surface area contributed by atoms with Gasteiger partial charge in [0, 0.05) is 42.6 Å². The van der Waals surface area contributed by atoms with Crippen molar-refractivity contribution in [2.24, 2.45) is 11.8 Å². The fourth-order valence-corrected chi connectivity index (χ4v) is 7.95. The van der Waals surface area contributed by atoms with E-state index in [0.717, 1.165) is 50.1 Å². The summed E-state index contributed by atoms with van der Waals surface area (Å²) >= 11 is 0. The van der Waals surface area contributed by atoms with Crippen LogP contribution in [0.1, 0.15) is 48.8 Å². The van der Waals surface area contributed by atoms with E-state index in [-0.39, 0.29) is 54.6 Å². The maximum Gasteiger partial charge on any atom is 0.227 e. The van der Waals surface area contributed by atoms with Crippen molar-refractivity contribution in [3.05, 3.63) is 102 Å². The number of amides is 1. The first kappa shape index (κ1) is 31.5. The number of likely N-dealkylation sites (tertiary alicyclic amines) is 2. The normalized spacial score (nSPS) is 24.7. The van der Waals surface area contributed by atoms with Gasteiger partial charge in [0.15, 0.2) is 0 Å². The number of aliphatic hydroxyl groups is 1. The van der Waals surface area contributed by atoms with Gasteiger partial charge in [-0.05, 0) is 61.8 Å². The standard InChI is InChI=1S/C36H43FN2O3.ClH/c37-33-18-19-36(28-12-3-1-4-13-28,29-14-5-2-6-15-29)32-25-39(24-31(32)33)35(41)23-27-11-7-8-17-34(27)42-22-10-21-38-20-9-16-30(38)26-40;/h1-8,11-15,17,30-33,40H,9-10,16,18-26H2;1H/t30-,31-,32+,33+;/m0./s1. The monoisotopic (exact) mass is 606 g/mol. The number of aliphatic hydroxyl groups excluding tert-OH is 1. The maximum absolute atomic E-state index is 15.6. The summed E-state index contributed by atoms with van der Waals surface area (Å²) in [5.41, 5.74) is 2.98. The molecule has 1 saturated carbocycles. The molecule has 6 rings (SSSR count). The molecule has 1 N–H and O–H groups in total. The van der Waals surface area contributed by atoms with Gasteiger partial charge in [0.1, 0.15) is 11.9 Å². The van der Waals surface area contributed by atoms with E-state index >= 15 is 4.39 Å². The van der Waals surface area contributed by atoms with Crippen LogP contribution in [0.15, 0.2) is 84.9 Å². The zero-order valence-corrected chi connectivity index (χ0v) is 25.6. The Hall–Kier alpha value is -2.93. The zero-order valence-electron chi connectivity index (χ0n) is 24.8. The minimum atomic E-state index is -0.912. The van der Waals surface area contributed by atoms with Crippen LogP contribution in [0.5, 0.6) is 5.75 Å². The molecule has 4 atom stereocenters. The van der Waals surface area contributed by atoms with Gasteiger partial charge < -0.3 is 14.7 Å². The van der Waals surface area contributed by atoms with Crippen LogP contribution in [-0.4, -0.2) is 72.4 Å². The van der Waals surface area contributed by atoms with E-state index in [2.05, 4.69) is 53.4 Å². The summed E-state index contributed by atoms with van der Waals surface area (Å²) < 4.78 is 21.8. The summed E-state index contributed by atoms with van der Waals surface area (Å²) in [6, 6.07) is 29.1. The molecule has 3 aromatic rings. The highest BCUT2D eigenvalue weighted by atomic mass is 35.5. The third-order valence-corrected chi connectivity index (χ3v) is 10.1. The molecule has 0 aromatic heterocycles. The van der Waals surface area contributed by atoms with E-state index in [0.29, 0.717) is 26.1 Å². The molecule has 0 radical (unpaired) electrons. The third kappa shape index (κ3) is 6.47. The number of carbonyl (C=O) groups is 1. The van der Waals surface area contributed by atoms with E-state index < -0.39 is 6.17 Å². The Labute approximate surface area is 261 Å². The summed E-state index contributed by atoms with van der Waals surface area (Å²) in [6.07, 6.45) is 3.63. The number of hydrogen-bond acceptors (Lipinski definition) is 4. The number of fused-ring (bicyclic) bond motifs is 1. The summed E-state index contributed by atoms with van der Waals surface area (Å²) in [5, 5.41) is 9.58. The smallest absolute Gasteiger partial charge is 0.227 e. The molecule has 2 heterocycles. The molecule has 230 valence electrons. The Kier molecular flexibility index (Phi) is 10.4. The Morgan fingerprint density at radius 3 is 2.30 bits per heavy atom. The van der Waals surface area contributed by atoms with Crippen molar-refractivity contribution in [3.8, 4) is 5.75 Å². The number of nitrogens with zero attached hydrogens (tertiary/aromatic N) is 2. The maximum atomic E-state index is 15.6. The second kappa shape index (κ2) is 14.2. The summed E-state index contributed by atoms with van der Waals surface area (Å²) in [5.74, 6) is 0.595. The van der Waals surface area contributed by atoms with Gasteiger partial charge in [-0.2, -0.15) is 0 Å². The molecular weight excluding hydrogens is 563 g/mol. The van der Waals surface area contributed by atoms with Crippen LogP contribution in [0, 0.1) is 11.8 Å². The molecule has 5 nitrogen and oxygen atoms in total. The molecule has 3 aromatic carbocycles. The molecule has 1 amide bonds. The summed E-state index contributed by atoms with van der Waals surface area (Å²) in [7, 11) is 0. The van der Waals surface area contributed by atoms with Crippen molar-refractivity contribution < 1.29 is 19.0 Å². The molecule has 3 aliphatic rings. The fraction of sp³-hybridized carbons (Fsp3) is 0.472. The van der Waals surface area contributed by atoms with Gasteiger partial charge in [0.2, 0.25) is 5.91 Å². The Morgan fingerprint density at radius 1 is 0.930 bits per heavy atom. The van der Waals surface area contributed by atoms with Crippen LogP contribution in [-0.2, 0) is 16.6 Å². The van der Waals surface area contributed by atoms with Crippen LogP contribution in [0.4, 0.5) is 4.39 Å². The number of benzene rings is 3. The van der Waals surface area contributed by atoms with Crippen LogP contribution < -0.4 is 4.74 Å². The molecule has 1 aliphatic carbocycles. The topological polar surface area (TPSA) is 53.0 Å². The van der Waals surface area contributed by atoms with E-state index in [1.165, 1.54) is 11.1 Å². The van der Waals surface area contributed by atoms with Crippen molar-refractivity contribution in [2.45, 2.75) is 56.2 Å². The lowest BCUT2D eigenvalue weighted by Crippen LogP contribution is -2.47. The fourth-order valence-electron chi connectivity index (χ4n) is 7.95. The van der Waals surface area contributed by atoms with Crippen LogP contribution in [0.2, 0.25) is 0 Å². The lowest BCUT2D eigenvalue weighted by atomic mass is 9.56. The molecule has 0 bridgehead atoms. The minimum Gasteiger partial charge on any atom is -0.493 e. The highest BCUT2D eigenvalue weighted by Gasteiger charge is 2.55. The van der Waals surface area contributed by atoms with Gasteiger partial charge >= 0.3 is 0 Å². The molecule has 0 unspecified atom stereocenters. The van der Waals surface area contributed by atoms with Gasteiger partial charge in [-0.1, -0.05) is 78.9 Å².